The van der Waals surface area contributed by atoms with Crippen molar-refractivity contribution in [2.75, 3.05) is 17.6 Å². The van der Waals surface area contributed by atoms with Crippen LogP contribution in [0, 0.1) is 0 Å². The first-order valence-corrected chi connectivity index (χ1v) is 12.8. The van der Waals surface area contributed by atoms with Crippen LogP contribution in [-0.4, -0.2) is 41.3 Å². The number of sulfone groups is 1. The Bertz CT molecular complexity index is 1500. The lowest BCUT2D eigenvalue weighted by atomic mass is 10.1. The second kappa shape index (κ2) is 12.7. The van der Waals surface area contributed by atoms with Crippen molar-refractivity contribution < 1.29 is 12.9 Å². The van der Waals surface area contributed by atoms with Crippen molar-refractivity contribution >= 4 is 52.1 Å². The van der Waals surface area contributed by atoms with Gasteiger partial charge in [-0.05, 0) is 45.0 Å². The number of hydrogen-bond acceptors (Lipinski definition) is 8. The van der Waals surface area contributed by atoms with E-state index in [-0.39, 0.29) is 35.5 Å². The van der Waals surface area contributed by atoms with Crippen molar-refractivity contribution in [2.24, 2.45) is 10.7 Å². The Morgan fingerprint density at radius 1 is 1.03 bits per heavy atom. The largest absolute Gasteiger partial charge is 0.382 e. The second-order valence-electron chi connectivity index (χ2n) is 8.25. The van der Waals surface area contributed by atoms with E-state index in [4.69, 9.17) is 16.0 Å². The Labute approximate surface area is 233 Å². The van der Waals surface area contributed by atoms with Gasteiger partial charge in [0.1, 0.15) is 5.69 Å². The summed E-state index contributed by atoms with van der Waals surface area (Å²) in [6.45, 7) is 5.80. The number of nitrogens with two attached hydrogens (primary N) is 2. The lowest BCUT2D eigenvalue weighted by Crippen LogP contribution is -2.22. The Morgan fingerprint density at radius 2 is 1.63 bits per heavy atom. The van der Waals surface area contributed by atoms with Crippen LogP contribution in [0.25, 0.3) is 34.0 Å². The summed E-state index contributed by atoms with van der Waals surface area (Å²) in [6.07, 6.45) is 1.53. The maximum Gasteiger partial charge on any atom is 0.193 e. The number of anilines is 2. The maximum absolute atomic E-state index is 12.4. The molecule has 0 bridgehead atoms. The molecule has 5 N–H and O–H groups in total. The van der Waals surface area contributed by atoms with Crippen LogP contribution in [0.3, 0.4) is 0 Å². The quantitative estimate of drug-likeness (QED) is 0.206. The third-order valence-electron chi connectivity index (χ3n) is 5.43. The summed E-state index contributed by atoms with van der Waals surface area (Å²) in [6, 6.07) is 15.7. The first kappa shape index (κ1) is 30.6. The highest BCUT2D eigenvalue weighted by atomic mass is 35.5. The van der Waals surface area contributed by atoms with Gasteiger partial charge >= 0.3 is 0 Å². The van der Waals surface area contributed by atoms with Gasteiger partial charge in [-0.2, -0.15) is 0 Å². The molecule has 0 saturated carbocycles. The van der Waals surface area contributed by atoms with Crippen molar-refractivity contribution in [2.45, 2.75) is 30.9 Å². The van der Waals surface area contributed by atoms with Gasteiger partial charge in [0.2, 0.25) is 0 Å². The number of nitrogens with one attached hydrogen (secondary N) is 1. The summed E-state index contributed by atoms with van der Waals surface area (Å²) in [7, 11) is -3.36. The SMILES string of the molecule is CCN=C(N)Nc1ccc(-c2cc(-c3nc(-c4ccc(S(=O)(=O)C(C)C)cc4)cnc3N)on2)cc1.Cl.Cl. The molecule has 0 radical (unpaired) electrons. The summed E-state index contributed by atoms with van der Waals surface area (Å²) in [5.74, 6) is 0.891. The van der Waals surface area contributed by atoms with Crippen LogP contribution in [0.5, 0.6) is 0 Å². The smallest absolute Gasteiger partial charge is 0.193 e. The lowest BCUT2D eigenvalue weighted by Gasteiger charge is -2.09. The zero-order valence-corrected chi connectivity index (χ0v) is 23.4. The molecule has 0 fully saturated rings. The third-order valence-corrected chi connectivity index (χ3v) is 7.60. The number of guanidine groups is 1. The predicted molar refractivity (Wildman–Crippen MR) is 155 cm³/mol. The number of aliphatic imine (C=N–C) groups is 1. The summed E-state index contributed by atoms with van der Waals surface area (Å²) >= 11 is 0. The highest BCUT2D eigenvalue weighted by molar-refractivity contribution is 7.92. The molecule has 2 heterocycles. The summed E-state index contributed by atoms with van der Waals surface area (Å²) in [4.78, 5) is 13.2. The molecule has 202 valence electrons. The minimum atomic E-state index is -3.36. The van der Waals surface area contributed by atoms with Gasteiger partial charge in [-0.1, -0.05) is 29.4 Å². The molecule has 38 heavy (non-hydrogen) atoms. The van der Waals surface area contributed by atoms with Crippen LogP contribution >= 0.6 is 24.8 Å². The Morgan fingerprint density at radius 3 is 2.24 bits per heavy atom. The van der Waals surface area contributed by atoms with E-state index < -0.39 is 15.1 Å². The normalized spacial score (nSPS) is 11.5. The maximum atomic E-state index is 12.4. The number of nitrogen functional groups attached to an aromatic ring is 1. The van der Waals surface area contributed by atoms with E-state index in [1.807, 2.05) is 31.2 Å². The van der Waals surface area contributed by atoms with Gasteiger partial charge in [0.25, 0.3) is 0 Å². The monoisotopic (exact) mass is 577 g/mol. The van der Waals surface area contributed by atoms with Gasteiger partial charge < -0.3 is 21.3 Å². The number of nitrogens with zero attached hydrogens (tertiary/aromatic N) is 4. The molecule has 0 aliphatic heterocycles. The molecule has 4 rings (SSSR count). The van der Waals surface area contributed by atoms with Crippen LogP contribution in [0.1, 0.15) is 20.8 Å². The highest BCUT2D eigenvalue weighted by Gasteiger charge is 2.20. The van der Waals surface area contributed by atoms with E-state index in [1.165, 1.54) is 6.20 Å². The molecule has 2 aromatic heterocycles. The Kier molecular flexibility index (Phi) is 10.2. The molecule has 10 nitrogen and oxygen atoms in total. The van der Waals surface area contributed by atoms with Crippen molar-refractivity contribution in [3.05, 3.63) is 60.8 Å². The molecule has 0 spiro atoms. The van der Waals surface area contributed by atoms with E-state index in [2.05, 4.69) is 25.4 Å². The number of benzene rings is 2. The van der Waals surface area contributed by atoms with E-state index in [9.17, 15) is 8.42 Å². The molecule has 0 saturated heterocycles. The predicted octanol–water partition coefficient (Wildman–Crippen LogP) is 4.82. The van der Waals surface area contributed by atoms with Crippen LogP contribution in [-0.2, 0) is 9.84 Å². The van der Waals surface area contributed by atoms with E-state index in [1.54, 1.807) is 44.2 Å². The Hall–Kier alpha value is -3.67. The number of halogens is 2. The van der Waals surface area contributed by atoms with Gasteiger partial charge in [0.15, 0.2) is 33.1 Å². The minimum Gasteiger partial charge on any atom is -0.382 e. The topological polar surface area (TPSA) is 162 Å². The van der Waals surface area contributed by atoms with Gasteiger partial charge in [0, 0.05) is 29.4 Å². The molecular formula is C25H29Cl2N7O3S. The summed E-state index contributed by atoms with van der Waals surface area (Å²) < 4.78 is 30.3. The molecule has 13 heteroatoms. The van der Waals surface area contributed by atoms with Crippen LogP contribution in [0.15, 0.2) is 75.2 Å². The van der Waals surface area contributed by atoms with Crippen LogP contribution in [0.2, 0.25) is 0 Å². The molecule has 0 atom stereocenters. The van der Waals surface area contributed by atoms with Crippen molar-refractivity contribution in [1.82, 2.24) is 15.1 Å². The molecule has 0 unspecified atom stereocenters. The fourth-order valence-corrected chi connectivity index (χ4v) is 4.47. The summed E-state index contributed by atoms with van der Waals surface area (Å²) in [5.41, 5.74) is 15.7. The fourth-order valence-electron chi connectivity index (χ4n) is 3.41. The van der Waals surface area contributed by atoms with Gasteiger partial charge in [0.05, 0.1) is 22.0 Å². The molecule has 2 aromatic carbocycles. The zero-order valence-electron chi connectivity index (χ0n) is 21.0. The standard InChI is InChI=1S/C25H27N7O3S.2ClH/c1-4-28-25(27)30-18-9-5-16(6-10-18)20-13-22(35-32-20)23-24(26)29-14-21(31-23)17-7-11-19(12-8-17)36(33,34)15(2)3;;/h5-15H,4H2,1-3H3,(H2,26,29)(H3,27,28,30);2*1H. The average Bonchev–Trinajstić information content (AvgIpc) is 3.35. The second-order valence-corrected chi connectivity index (χ2v) is 10.7. The molecule has 0 aliphatic rings. The van der Waals surface area contributed by atoms with Gasteiger partial charge in [-0.15, -0.1) is 24.8 Å². The number of rotatable bonds is 7. The van der Waals surface area contributed by atoms with Gasteiger partial charge in [-0.25, -0.2) is 18.4 Å². The first-order valence-electron chi connectivity index (χ1n) is 11.3. The minimum absolute atomic E-state index is 0. The highest BCUT2D eigenvalue weighted by Crippen LogP contribution is 2.30. The molecule has 0 amide bonds. The molecule has 0 aliphatic carbocycles. The van der Waals surface area contributed by atoms with E-state index in [0.29, 0.717) is 40.9 Å². The van der Waals surface area contributed by atoms with Crippen LogP contribution < -0.4 is 16.8 Å². The van der Waals surface area contributed by atoms with Crippen molar-refractivity contribution in [1.29, 1.82) is 0 Å². The summed E-state index contributed by atoms with van der Waals surface area (Å²) in [5, 5.41) is 6.66. The van der Waals surface area contributed by atoms with E-state index >= 15 is 0 Å². The van der Waals surface area contributed by atoms with E-state index in [0.717, 1.165) is 11.3 Å². The van der Waals surface area contributed by atoms with Crippen molar-refractivity contribution in [3.8, 4) is 34.0 Å². The number of hydrogen-bond donors (Lipinski definition) is 3. The third kappa shape index (κ3) is 6.60. The zero-order chi connectivity index (χ0) is 25.9. The lowest BCUT2D eigenvalue weighted by molar-refractivity contribution is 0.434. The van der Waals surface area contributed by atoms with Crippen LogP contribution in [0.4, 0.5) is 11.5 Å². The first-order chi connectivity index (χ1) is 17.2. The molecular weight excluding hydrogens is 549 g/mol. The average molecular weight is 579 g/mol. The van der Waals surface area contributed by atoms with Gasteiger partial charge in [-0.3, -0.25) is 4.99 Å². The fraction of sp³-hybridized carbons (Fsp3) is 0.200. The molecule has 4 aromatic rings. The Balaban J connectivity index is 0.00000253. The van der Waals surface area contributed by atoms with Crippen molar-refractivity contribution in [3.63, 3.8) is 0 Å². The number of aromatic nitrogens is 3.